The highest BCUT2D eigenvalue weighted by Gasteiger charge is 2.35. The zero-order valence-corrected chi connectivity index (χ0v) is 14.1. The molecule has 23 heavy (non-hydrogen) atoms. The van der Waals surface area contributed by atoms with Gasteiger partial charge in [0.15, 0.2) is 0 Å². The van der Waals surface area contributed by atoms with Crippen molar-refractivity contribution in [2.75, 3.05) is 20.3 Å². The number of aromatic nitrogens is 1. The molecule has 0 aliphatic heterocycles. The molecule has 0 unspecified atom stereocenters. The van der Waals surface area contributed by atoms with Gasteiger partial charge in [0.05, 0.1) is 12.7 Å². The molecule has 2 N–H and O–H groups in total. The SMILES string of the molecule is CCc1[nH]c(C(=O)N(CCCCO)C2CC2)c(C)c1C(=O)OC. The molecule has 1 aromatic heterocycles. The van der Waals surface area contributed by atoms with E-state index in [1.54, 1.807) is 6.92 Å². The van der Waals surface area contributed by atoms with Crippen molar-refractivity contribution in [2.24, 2.45) is 0 Å². The van der Waals surface area contributed by atoms with Gasteiger partial charge in [0, 0.05) is 24.9 Å². The Labute approximate surface area is 136 Å². The van der Waals surface area contributed by atoms with Gasteiger partial charge >= 0.3 is 5.97 Å². The molecule has 1 aromatic rings. The molecule has 1 amide bonds. The van der Waals surface area contributed by atoms with Crippen LogP contribution in [0.2, 0.25) is 0 Å². The van der Waals surface area contributed by atoms with E-state index in [1.165, 1.54) is 7.11 Å². The molecule has 6 heteroatoms. The largest absolute Gasteiger partial charge is 0.465 e. The van der Waals surface area contributed by atoms with E-state index < -0.39 is 5.97 Å². The maximum absolute atomic E-state index is 12.9. The lowest BCUT2D eigenvalue weighted by atomic mass is 10.1. The normalized spacial score (nSPS) is 13.9. The summed E-state index contributed by atoms with van der Waals surface area (Å²) >= 11 is 0. The van der Waals surface area contributed by atoms with Gasteiger partial charge in [0.1, 0.15) is 5.69 Å². The molecule has 0 spiro atoms. The van der Waals surface area contributed by atoms with Gasteiger partial charge in [-0.3, -0.25) is 4.79 Å². The number of unbranched alkanes of at least 4 members (excludes halogenated alkanes) is 1. The molecule has 128 valence electrons. The van der Waals surface area contributed by atoms with E-state index >= 15 is 0 Å². The van der Waals surface area contributed by atoms with Crippen LogP contribution in [0.4, 0.5) is 0 Å². The molecule has 1 heterocycles. The first-order valence-electron chi connectivity index (χ1n) is 8.26. The van der Waals surface area contributed by atoms with Crippen molar-refractivity contribution in [3.63, 3.8) is 0 Å². The molecule has 1 aliphatic carbocycles. The second-order valence-corrected chi connectivity index (χ2v) is 5.98. The lowest BCUT2D eigenvalue weighted by molar-refractivity contribution is 0.0599. The highest BCUT2D eigenvalue weighted by Crippen LogP contribution is 2.30. The number of carbonyl (C=O) groups is 2. The van der Waals surface area contributed by atoms with Crippen molar-refractivity contribution >= 4 is 11.9 Å². The molecule has 0 bridgehead atoms. The van der Waals surface area contributed by atoms with Gasteiger partial charge in [0.25, 0.3) is 5.91 Å². The van der Waals surface area contributed by atoms with Gasteiger partial charge in [-0.15, -0.1) is 0 Å². The molecule has 0 saturated heterocycles. The monoisotopic (exact) mass is 322 g/mol. The Hall–Kier alpha value is -1.82. The highest BCUT2D eigenvalue weighted by atomic mass is 16.5. The Morgan fingerprint density at radius 3 is 2.57 bits per heavy atom. The fraction of sp³-hybridized carbons (Fsp3) is 0.647. The summed E-state index contributed by atoms with van der Waals surface area (Å²) in [4.78, 5) is 29.9. The van der Waals surface area contributed by atoms with Crippen molar-refractivity contribution in [3.8, 4) is 0 Å². The van der Waals surface area contributed by atoms with Gasteiger partial charge in [-0.2, -0.15) is 0 Å². The molecular formula is C17H26N2O4. The Kier molecular flexibility index (Phi) is 5.82. The Morgan fingerprint density at radius 1 is 1.35 bits per heavy atom. The predicted octanol–water partition coefficient (Wildman–Crippen LogP) is 2.05. The fourth-order valence-electron chi connectivity index (χ4n) is 2.89. The molecule has 0 aromatic carbocycles. The number of carbonyl (C=O) groups excluding carboxylic acids is 2. The number of hydrogen-bond donors (Lipinski definition) is 2. The van der Waals surface area contributed by atoms with Crippen LogP contribution in [0, 0.1) is 6.92 Å². The summed E-state index contributed by atoms with van der Waals surface area (Å²) in [6.07, 6.45) is 4.15. The zero-order chi connectivity index (χ0) is 17.0. The van der Waals surface area contributed by atoms with Gasteiger partial charge in [-0.1, -0.05) is 6.92 Å². The number of H-pyrrole nitrogens is 1. The standard InChI is InChI=1S/C17H26N2O4/c1-4-13-14(17(22)23-3)11(2)15(18-13)16(21)19(12-7-8-12)9-5-6-10-20/h12,18,20H,4-10H2,1-3H3. The molecule has 1 aliphatic rings. The summed E-state index contributed by atoms with van der Waals surface area (Å²) in [7, 11) is 1.35. The quantitative estimate of drug-likeness (QED) is 0.567. The first-order chi connectivity index (χ1) is 11.0. The number of methoxy groups -OCH3 is 1. The highest BCUT2D eigenvalue weighted by molar-refractivity contribution is 6.00. The number of aromatic amines is 1. The van der Waals surface area contributed by atoms with Gasteiger partial charge < -0.3 is 19.7 Å². The average molecular weight is 322 g/mol. The summed E-state index contributed by atoms with van der Waals surface area (Å²) in [5, 5.41) is 8.93. The van der Waals surface area contributed by atoms with E-state index in [2.05, 4.69) is 4.98 Å². The summed E-state index contributed by atoms with van der Waals surface area (Å²) in [5.74, 6) is -0.472. The molecule has 1 fully saturated rings. The van der Waals surface area contributed by atoms with Crippen LogP contribution in [0.15, 0.2) is 0 Å². The molecule has 0 atom stereocenters. The number of nitrogens with zero attached hydrogens (tertiary/aromatic N) is 1. The van der Waals surface area contributed by atoms with Crippen LogP contribution < -0.4 is 0 Å². The molecule has 0 radical (unpaired) electrons. The smallest absolute Gasteiger partial charge is 0.339 e. The number of esters is 1. The number of aliphatic hydroxyl groups is 1. The van der Waals surface area contributed by atoms with Crippen LogP contribution >= 0.6 is 0 Å². The van der Waals surface area contributed by atoms with Crippen LogP contribution in [-0.4, -0.2) is 53.2 Å². The number of ether oxygens (including phenoxy) is 1. The van der Waals surface area contributed by atoms with E-state index in [9.17, 15) is 9.59 Å². The van der Waals surface area contributed by atoms with Crippen molar-refractivity contribution in [1.82, 2.24) is 9.88 Å². The molecule has 6 nitrogen and oxygen atoms in total. The van der Waals surface area contributed by atoms with E-state index in [0.29, 0.717) is 36.2 Å². The minimum atomic E-state index is -0.409. The van der Waals surface area contributed by atoms with Crippen molar-refractivity contribution in [1.29, 1.82) is 0 Å². The van der Waals surface area contributed by atoms with Crippen molar-refractivity contribution < 1.29 is 19.4 Å². The number of rotatable bonds is 8. The first kappa shape index (κ1) is 17.5. The summed E-state index contributed by atoms with van der Waals surface area (Å²) in [6.45, 7) is 4.50. The van der Waals surface area contributed by atoms with E-state index in [1.807, 2.05) is 11.8 Å². The molecule has 2 rings (SSSR count). The average Bonchev–Trinajstić information content (AvgIpc) is 3.33. The third-order valence-electron chi connectivity index (χ3n) is 4.34. The number of aryl methyl sites for hydroxylation is 1. The minimum Gasteiger partial charge on any atom is -0.465 e. The lowest BCUT2D eigenvalue weighted by Crippen LogP contribution is -2.34. The van der Waals surface area contributed by atoms with Crippen molar-refractivity contribution in [2.45, 2.75) is 52.0 Å². The summed E-state index contributed by atoms with van der Waals surface area (Å²) in [6, 6.07) is 0.288. The number of hydrogen-bond acceptors (Lipinski definition) is 4. The number of nitrogens with one attached hydrogen (secondary N) is 1. The number of aliphatic hydroxyl groups excluding tert-OH is 1. The van der Waals surface area contributed by atoms with Gasteiger partial charge in [-0.25, -0.2) is 4.79 Å². The topological polar surface area (TPSA) is 82.6 Å². The Bertz CT molecular complexity index is 575. The van der Waals surface area contributed by atoms with Crippen molar-refractivity contribution in [3.05, 3.63) is 22.5 Å². The minimum absolute atomic E-state index is 0.0622. The summed E-state index contributed by atoms with van der Waals surface area (Å²) < 4.78 is 4.84. The Morgan fingerprint density at radius 2 is 2.04 bits per heavy atom. The van der Waals surface area contributed by atoms with E-state index in [4.69, 9.17) is 9.84 Å². The summed E-state index contributed by atoms with van der Waals surface area (Å²) in [5.41, 5.74) is 2.36. The Balaban J connectivity index is 2.26. The van der Waals surface area contributed by atoms with Crippen LogP contribution in [0.1, 0.15) is 64.7 Å². The zero-order valence-electron chi connectivity index (χ0n) is 14.1. The first-order valence-corrected chi connectivity index (χ1v) is 8.26. The number of amides is 1. The van der Waals surface area contributed by atoms with Crippen LogP contribution in [0.5, 0.6) is 0 Å². The van der Waals surface area contributed by atoms with Crippen LogP contribution in [0.25, 0.3) is 0 Å². The second-order valence-electron chi connectivity index (χ2n) is 5.98. The molecular weight excluding hydrogens is 296 g/mol. The van der Waals surface area contributed by atoms with Gasteiger partial charge in [-0.05, 0) is 44.6 Å². The predicted molar refractivity (Wildman–Crippen MR) is 86.6 cm³/mol. The lowest BCUT2D eigenvalue weighted by Gasteiger charge is -2.22. The van der Waals surface area contributed by atoms with Crippen LogP contribution in [0.3, 0.4) is 0 Å². The third kappa shape index (κ3) is 3.75. The van der Waals surface area contributed by atoms with Gasteiger partial charge in [0.2, 0.25) is 0 Å². The van der Waals surface area contributed by atoms with Crippen LogP contribution in [-0.2, 0) is 11.2 Å². The second kappa shape index (κ2) is 7.64. The fourth-order valence-corrected chi connectivity index (χ4v) is 2.89. The van der Waals surface area contributed by atoms with E-state index in [-0.39, 0.29) is 18.6 Å². The maximum atomic E-state index is 12.9. The third-order valence-corrected chi connectivity index (χ3v) is 4.34. The maximum Gasteiger partial charge on any atom is 0.339 e. The van der Waals surface area contributed by atoms with E-state index in [0.717, 1.165) is 25.0 Å². The molecule has 1 saturated carbocycles.